The van der Waals surface area contributed by atoms with E-state index in [1.165, 1.54) is 26.4 Å². The van der Waals surface area contributed by atoms with Crippen LogP contribution in [0.15, 0.2) is 65.3 Å². The van der Waals surface area contributed by atoms with E-state index in [9.17, 15) is 19.6 Å². The molecule has 0 bridgehead atoms. The third-order valence-electron chi connectivity index (χ3n) is 6.07. The second-order valence-corrected chi connectivity index (χ2v) is 8.35. The third kappa shape index (κ3) is 5.26. The van der Waals surface area contributed by atoms with Crippen LogP contribution in [0.4, 0.5) is 5.69 Å². The minimum atomic E-state index is -0.680. The topological polar surface area (TPSA) is 150 Å². The molecule has 0 unspecified atom stereocenters. The normalized spacial score (nSPS) is 16.8. The van der Waals surface area contributed by atoms with Crippen molar-refractivity contribution in [1.82, 2.24) is 0 Å². The second-order valence-electron chi connectivity index (χ2n) is 8.35. The number of methoxy groups -OCH3 is 2. The smallest absolute Gasteiger partial charge is 0.337 e. The van der Waals surface area contributed by atoms with Crippen molar-refractivity contribution in [2.24, 2.45) is 5.73 Å². The molecule has 10 nitrogen and oxygen atoms in total. The van der Waals surface area contributed by atoms with E-state index < -0.39 is 17.8 Å². The molecule has 4 rings (SSSR count). The number of allylic oxidation sites excluding steroid dienone is 3. The molecule has 2 aromatic rings. The standard InChI is InChI=1S/C27H25N3O7/c1-34-22-12-16(24-18(13-28)26(29)37-21-5-3-4-19(31)25(21)24)8-11-20(22)36-14-23(32)30-17-9-6-15(7-10-17)27(33)35-2/h6-12,24H,3-5,14,29H2,1-2H3,(H,30,32)/t24-/m0/s1. The quantitative estimate of drug-likeness (QED) is 0.542. The van der Waals surface area contributed by atoms with Crippen LogP contribution in [0.1, 0.15) is 41.1 Å². The Bertz CT molecular complexity index is 1350. The maximum atomic E-state index is 12.8. The summed E-state index contributed by atoms with van der Waals surface area (Å²) in [6.07, 6.45) is 1.60. The van der Waals surface area contributed by atoms with Gasteiger partial charge in [0.25, 0.3) is 5.91 Å². The average molecular weight is 504 g/mol. The van der Waals surface area contributed by atoms with E-state index in [-0.39, 0.29) is 23.8 Å². The maximum Gasteiger partial charge on any atom is 0.337 e. The van der Waals surface area contributed by atoms with Crippen molar-refractivity contribution in [3.8, 4) is 17.6 Å². The van der Waals surface area contributed by atoms with Crippen molar-refractivity contribution in [1.29, 1.82) is 5.26 Å². The van der Waals surface area contributed by atoms with Crippen molar-refractivity contribution in [3.05, 3.63) is 76.4 Å². The molecule has 1 aliphatic carbocycles. The molecule has 0 saturated carbocycles. The van der Waals surface area contributed by atoms with Gasteiger partial charge in [0, 0.05) is 24.1 Å². The lowest BCUT2D eigenvalue weighted by molar-refractivity contribution is -0.118. The van der Waals surface area contributed by atoms with Crippen LogP contribution in [0.5, 0.6) is 11.5 Å². The lowest BCUT2D eigenvalue weighted by atomic mass is 9.77. The number of carbonyl (C=O) groups is 3. The zero-order valence-electron chi connectivity index (χ0n) is 20.3. The van der Waals surface area contributed by atoms with E-state index in [4.69, 9.17) is 19.9 Å². The third-order valence-corrected chi connectivity index (χ3v) is 6.07. The first kappa shape index (κ1) is 25.3. The first-order chi connectivity index (χ1) is 17.9. The van der Waals surface area contributed by atoms with Crippen LogP contribution in [0.25, 0.3) is 0 Å². The summed E-state index contributed by atoms with van der Waals surface area (Å²) < 4.78 is 21.4. The molecular weight excluding hydrogens is 478 g/mol. The number of hydrogen-bond donors (Lipinski definition) is 2. The molecule has 3 N–H and O–H groups in total. The van der Waals surface area contributed by atoms with Gasteiger partial charge < -0.3 is 30.0 Å². The summed E-state index contributed by atoms with van der Waals surface area (Å²) >= 11 is 0. The molecule has 1 atom stereocenters. The fourth-order valence-electron chi connectivity index (χ4n) is 4.32. The number of nitriles is 1. The molecule has 0 radical (unpaired) electrons. The number of rotatable bonds is 7. The summed E-state index contributed by atoms with van der Waals surface area (Å²) in [5.74, 6) is -0.563. The van der Waals surface area contributed by atoms with Crippen molar-refractivity contribution >= 4 is 23.3 Å². The minimum absolute atomic E-state index is 0.0171. The molecule has 0 aromatic heterocycles. The highest BCUT2D eigenvalue weighted by Crippen LogP contribution is 2.45. The molecular formula is C27H25N3O7. The fourth-order valence-corrected chi connectivity index (χ4v) is 4.32. The zero-order chi connectivity index (χ0) is 26.5. The predicted molar refractivity (Wildman–Crippen MR) is 131 cm³/mol. The molecule has 37 heavy (non-hydrogen) atoms. The van der Waals surface area contributed by atoms with E-state index in [1.807, 2.05) is 0 Å². The van der Waals surface area contributed by atoms with Gasteiger partial charge in [0.2, 0.25) is 5.88 Å². The monoisotopic (exact) mass is 503 g/mol. The number of carbonyl (C=O) groups excluding carboxylic acids is 3. The molecule has 2 aliphatic rings. The molecule has 1 aliphatic heterocycles. The second kappa shape index (κ2) is 10.9. The Labute approximate surface area is 213 Å². The summed E-state index contributed by atoms with van der Waals surface area (Å²) in [6.45, 7) is -0.310. The summed E-state index contributed by atoms with van der Waals surface area (Å²) in [6, 6.07) is 13.3. The number of anilines is 1. The van der Waals surface area contributed by atoms with E-state index in [2.05, 4.69) is 16.1 Å². The van der Waals surface area contributed by atoms with Crippen LogP contribution >= 0.6 is 0 Å². The maximum absolute atomic E-state index is 12.8. The Kier molecular flexibility index (Phi) is 7.44. The molecule has 1 heterocycles. The zero-order valence-corrected chi connectivity index (χ0v) is 20.3. The van der Waals surface area contributed by atoms with Crippen LogP contribution in [-0.4, -0.2) is 38.5 Å². The number of nitrogens with one attached hydrogen (secondary N) is 1. The highest BCUT2D eigenvalue weighted by atomic mass is 16.5. The number of amides is 1. The van der Waals surface area contributed by atoms with Crippen molar-refractivity contribution in [2.75, 3.05) is 26.1 Å². The number of esters is 1. The van der Waals surface area contributed by atoms with Gasteiger partial charge in [-0.2, -0.15) is 5.26 Å². The largest absolute Gasteiger partial charge is 0.493 e. The number of Topliss-reactive ketones (excluding diaryl/α,β-unsaturated/α-hetero) is 1. The van der Waals surface area contributed by atoms with Crippen LogP contribution in [0, 0.1) is 11.3 Å². The Morgan fingerprint density at radius 3 is 2.57 bits per heavy atom. The van der Waals surface area contributed by atoms with Crippen LogP contribution < -0.4 is 20.5 Å². The molecule has 0 spiro atoms. The first-order valence-electron chi connectivity index (χ1n) is 11.5. The fraction of sp³-hybridized carbons (Fsp3) is 0.259. The van der Waals surface area contributed by atoms with E-state index in [1.54, 1.807) is 30.3 Å². The van der Waals surface area contributed by atoms with E-state index in [0.717, 1.165) is 0 Å². The molecule has 1 amide bonds. The number of ether oxygens (including phenoxy) is 4. The SMILES string of the molecule is COC(=O)c1ccc(NC(=O)COc2ccc([C@H]3C(C#N)=C(N)OC4=C3C(=O)CCC4)cc2OC)cc1. The van der Waals surface area contributed by atoms with Gasteiger partial charge in [-0.3, -0.25) is 9.59 Å². The number of ketones is 1. The minimum Gasteiger partial charge on any atom is -0.493 e. The lowest BCUT2D eigenvalue weighted by Crippen LogP contribution is -2.27. The number of nitrogens with zero attached hydrogens (tertiary/aromatic N) is 1. The van der Waals surface area contributed by atoms with Gasteiger partial charge in [-0.15, -0.1) is 0 Å². The van der Waals surface area contributed by atoms with Crippen LogP contribution in [0.3, 0.4) is 0 Å². The van der Waals surface area contributed by atoms with Gasteiger partial charge in [-0.05, 0) is 48.4 Å². The van der Waals surface area contributed by atoms with Crippen LogP contribution in [0.2, 0.25) is 0 Å². The van der Waals surface area contributed by atoms with Gasteiger partial charge >= 0.3 is 5.97 Å². The highest BCUT2D eigenvalue weighted by molar-refractivity contribution is 5.99. The molecule has 0 saturated heterocycles. The predicted octanol–water partition coefficient (Wildman–Crippen LogP) is 3.31. The number of benzene rings is 2. The average Bonchev–Trinajstić information content (AvgIpc) is 2.91. The first-order valence-corrected chi connectivity index (χ1v) is 11.5. The Morgan fingerprint density at radius 1 is 1.14 bits per heavy atom. The van der Waals surface area contributed by atoms with Gasteiger partial charge in [0.05, 0.1) is 25.7 Å². The summed E-state index contributed by atoms with van der Waals surface area (Å²) in [7, 11) is 2.74. The van der Waals surface area contributed by atoms with Crippen molar-refractivity contribution in [3.63, 3.8) is 0 Å². The molecule has 190 valence electrons. The van der Waals surface area contributed by atoms with E-state index in [0.29, 0.717) is 58.9 Å². The van der Waals surface area contributed by atoms with Crippen molar-refractivity contribution in [2.45, 2.75) is 25.2 Å². The van der Waals surface area contributed by atoms with Gasteiger partial charge in [-0.25, -0.2) is 4.79 Å². The molecule has 0 fully saturated rings. The molecule has 2 aromatic carbocycles. The Hall–Kier alpha value is -4.78. The van der Waals surface area contributed by atoms with E-state index >= 15 is 0 Å². The van der Waals surface area contributed by atoms with Gasteiger partial charge in [0.15, 0.2) is 23.9 Å². The Morgan fingerprint density at radius 2 is 1.89 bits per heavy atom. The highest BCUT2D eigenvalue weighted by Gasteiger charge is 2.38. The van der Waals surface area contributed by atoms with Crippen LogP contribution in [-0.2, 0) is 19.1 Å². The summed E-state index contributed by atoms with van der Waals surface area (Å²) in [4.78, 5) is 36.7. The Balaban J connectivity index is 1.50. The van der Waals surface area contributed by atoms with Crippen molar-refractivity contribution < 1.29 is 33.3 Å². The summed E-state index contributed by atoms with van der Waals surface area (Å²) in [5, 5.41) is 12.4. The molecule has 10 heteroatoms. The lowest BCUT2D eigenvalue weighted by Gasteiger charge is -2.31. The van der Waals surface area contributed by atoms with Gasteiger partial charge in [-0.1, -0.05) is 6.07 Å². The number of hydrogen-bond acceptors (Lipinski definition) is 9. The summed E-state index contributed by atoms with van der Waals surface area (Å²) in [5.41, 5.74) is 8.06. The number of nitrogens with two attached hydrogens (primary N) is 1. The van der Waals surface area contributed by atoms with Gasteiger partial charge in [0.1, 0.15) is 17.4 Å².